The van der Waals surface area contributed by atoms with E-state index in [9.17, 15) is 4.79 Å². The Balaban J connectivity index is 1.73. The number of halogens is 1. The van der Waals surface area contributed by atoms with E-state index < -0.39 is 0 Å². The summed E-state index contributed by atoms with van der Waals surface area (Å²) in [5, 5.41) is 3.62. The van der Waals surface area contributed by atoms with Gasteiger partial charge in [0.05, 0.1) is 0 Å². The largest absolute Gasteiger partial charge is 0.484 e. The molecule has 1 unspecified atom stereocenters. The van der Waals surface area contributed by atoms with Gasteiger partial charge in [-0.15, -0.1) is 0 Å². The normalized spacial score (nSPS) is 11.8. The zero-order valence-corrected chi connectivity index (χ0v) is 14.3. The lowest BCUT2D eigenvalue weighted by Gasteiger charge is -2.15. The minimum Gasteiger partial charge on any atom is -0.484 e. The third kappa shape index (κ3) is 5.95. The number of hydrogen-bond donors (Lipinski definition) is 1. The van der Waals surface area contributed by atoms with E-state index in [0.717, 1.165) is 18.4 Å². The Bertz CT molecular complexity index is 643. The molecular weight excluding hydrogens is 310 g/mol. The third-order valence-corrected chi connectivity index (χ3v) is 3.85. The van der Waals surface area contributed by atoms with Crippen molar-refractivity contribution < 1.29 is 9.53 Å². The second-order valence-corrected chi connectivity index (χ2v) is 6.13. The van der Waals surface area contributed by atoms with Crippen molar-refractivity contribution >= 4 is 17.5 Å². The van der Waals surface area contributed by atoms with E-state index >= 15 is 0 Å². The molecule has 0 fully saturated rings. The quantitative estimate of drug-likeness (QED) is 0.827. The van der Waals surface area contributed by atoms with Crippen LogP contribution in [0.4, 0.5) is 0 Å². The molecular formula is C19H22ClNO2. The highest BCUT2D eigenvalue weighted by molar-refractivity contribution is 6.30. The van der Waals surface area contributed by atoms with Crippen molar-refractivity contribution in [2.24, 2.45) is 0 Å². The van der Waals surface area contributed by atoms with Crippen LogP contribution in [0, 0.1) is 6.92 Å². The second-order valence-electron chi connectivity index (χ2n) is 5.69. The Labute approximate surface area is 142 Å². The van der Waals surface area contributed by atoms with E-state index in [1.165, 1.54) is 5.56 Å². The molecule has 122 valence electrons. The molecule has 0 bridgehead atoms. The molecule has 0 aliphatic carbocycles. The number of aryl methyl sites for hydroxylation is 2. The Morgan fingerprint density at radius 1 is 1.22 bits per heavy atom. The zero-order chi connectivity index (χ0) is 16.7. The summed E-state index contributed by atoms with van der Waals surface area (Å²) in [6.45, 7) is 3.92. The van der Waals surface area contributed by atoms with Gasteiger partial charge in [0.25, 0.3) is 5.91 Å². The van der Waals surface area contributed by atoms with Crippen LogP contribution in [0.5, 0.6) is 5.75 Å². The van der Waals surface area contributed by atoms with Crippen molar-refractivity contribution in [1.29, 1.82) is 0 Å². The van der Waals surface area contributed by atoms with Crippen LogP contribution in [-0.2, 0) is 11.2 Å². The number of carbonyl (C=O) groups excluding carboxylic acids is 1. The minimum atomic E-state index is -0.111. The van der Waals surface area contributed by atoms with Crippen molar-refractivity contribution in [1.82, 2.24) is 5.32 Å². The van der Waals surface area contributed by atoms with Crippen LogP contribution < -0.4 is 10.1 Å². The predicted octanol–water partition coefficient (Wildman–Crippen LogP) is 4.16. The first-order chi connectivity index (χ1) is 11.0. The fourth-order valence-corrected chi connectivity index (χ4v) is 2.56. The maximum absolute atomic E-state index is 12.0. The van der Waals surface area contributed by atoms with Gasteiger partial charge in [-0.05, 0) is 56.0 Å². The number of hydrogen-bond acceptors (Lipinski definition) is 2. The van der Waals surface area contributed by atoms with Gasteiger partial charge in [0.2, 0.25) is 0 Å². The molecule has 1 atom stereocenters. The van der Waals surface area contributed by atoms with Gasteiger partial charge < -0.3 is 10.1 Å². The standard InChI is InChI=1S/C19H22ClNO2/c1-14-12-17(20)10-11-18(14)23-13-19(22)21-15(2)8-9-16-6-4-3-5-7-16/h3-7,10-12,15H,8-9,13H2,1-2H3,(H,21,22). The number of carbonyl (C=O) groups is 1. The first-order valence-corrected chi connectivity index (χ1v) is 8.14. The van der Waals surface area contributed by atoms with Gasteiger partial charge in [-0.3, -0.25) is 4.79 Å². The number of nitrogens with one attached hydrogen (secondary N) is 1. The lowest BCUT2D eigenvalue weighted by atomic mass is 10.1. The van der Waals surface area contributed by atoms with Gasteiger partial charge in [0.1, 0.15) is 5.75 Å². The molecule has 1 N–H and O–H groups in total. The van der Waals surface area contributed by atoms with E-state index in [-0.39, 0.29) is 18.6 Å². The average molecular weight is 332 g/mol. The third-order valence-electron chi connectivity index (χ3n) is 3.61. The van der Waals surface area contributed by atoms with Crippen molar-refractivity contribution in [3.8, 4) is 5.75 Å². The molecule has 2 rings (SSSR count). The summed E-state index contributed by atoms with van der Waals surface area (Å²) in [4.78, 5) is 12.0. The van der Waals surface area contributed by atoms with Gasteiger partial charge in [0.15, 0.2) is 6.61 Å². The molecule has 2 aromatic carbocycles. The van der Waals surface area contributed by atoms with E-state index in [4.69, 9.17) is 16.3 Å². The summed E-state index contributed by atoms with van der Waals surface area (Å²) in [6, 6.07) is 15.7. The van der Waals surface area contributed by atoms with Gasteiger partial charge in [-0.1, -0.05) is 41.9 Å². The van der Waals surface area contributed by atoms with Gasteiger partial charge in [-0.2, -0.15) is 0 Å². The Kier molecular flexibility index (Phi) is 6.48. The summed E-state index contributed by atoms with van der Waals surface area (Å²) in [6.07, 6.45) is 1.84. The Hall–Kier alpha value is -2.00. The van der Waals surface area contributed by atoms with Crippen LogP contribution in [0.15, 0.2) is 48.5 Å². The van der Waals surface area contributed by atoms with Gasteiger partial charge in [0, 0.05) is 11.1 Å². The fourth-order valence-electron chi connectivity index (χ4n) is 2.33. The predicted molar refractivity (Wildman–Crippen MR) is 94.1 cm³/mol. The lowest BCUT2D eigenvalue weighted by molar-refractivity contribution is -0.123. The molecule has 2 aromatic rings. The molecule has 0 aliphatic rings. The minimum absolute atomic E-state index is 0.0121. The molecule has 0 spiro atoms. The first-order valence-electron chi connectivity index (χ1n) is 7.77. The van der Waals surface area contributed by atoms with Gasteiger partial charge >= 0.3 is 0 Å². The zero-order valence-electron chi connectivity index (χ0n) is 13.5. The molecule has 4 heteroatoms. The van der Waals surface area contributed by atoms with Crippen LogP contribution in [0.2, 0.25) is 5.02 Å². The number of amides is 1. The molecule has 0 saturated heterocycles. The van der Waals surface area contributed by atoms with Crippen LogP contribution in [0.1, 0.15) is 24.5 Å². The van der Waals surface area contributed by atoms with E-state index in [0.29, 0.717) is 10.8 Å². The fraction of sp³-hybridized carbons (Fsp3) is 0.316. The number of rotatable bonds is 7. The second kappa shape index (κ2) is 8.59. The highest BCUT2D eigenvalue weighted by Gasteiger charge is 2.09. The van der Waals surface area contributed by atoms with Crippen molar-refractivity contribution in [2.45, 2.75) is 32.7 Å². The van der Waals surface area contributed by atoms with Crippen LogP contribution >= 0.6 is 11.6 Å². The molecule has 0 saturated carbocycles. The first kappa shape index (κ1) is 17.4. The molecule has 23 heavy (non-hydrogen) atoms. The summed E-state index contributed by atoms with van der Waals surface area (Å²) >= 11 is 5.90. The maximum atomic E-state index is 12.0. The monoisotopic (exact) mass is 331 g/mol. The van der Waals surface area contributed by atoms with E-state index in [1.54, 1.807) is 12.1 Å². The average Bonchev–Trinajstić information content (AvgIpc) is 2.53. The van der Waals surface area contributed by atoms with E-state index in [2.05, 4.69) is 17.4 Å². The van der Waals surface area contributed by atoms with Crippen molar-refractivity contribution in [2.75, 3.05) is 6.61 Å². The van der Waals surface area contributed by atoms with E-state index in [1.807, 2.05) is 38.1 Å². The van der Waals surface area contributed by atoms with Gasteiger partial charge in [-0.25, -0.2) is 0 Å². The highest BCUT2D eigenvalue weighted by Crippen LogP contribution is 2.21. The lowest BCUT2D eigenvalue weighted by Crippen LogP contribution is -2.36. The molecule has 1 amide bonds. The summed E-state index contributed by atoms with van der Waals surface area (Å²) in [5.74, 6) is 0.571. The molecule has 0 aliphatic heterocycles. The maximum Gasteiger partial charge on any atom is 0.258 e. The summed E-state index contributed by atoms with van der Waals surface area (Å²) in [5.41, 5.74) is 2.20. The van der Waals surface area contributed by atoms with Crippen LogP contribution in [-0.4, -0.2) is 18.6 Å². The van der Waals surface area contributed by atoms with Crippen LogP contribution in [0.3, 0.4) is 0 Å². The van der Waals surface area contributed by atoms with Crippen molar-refractivity contribution in [3.63, 3.8) is 0 Å². The van der Waals surface area contributed by atoms with Crippen molar-refractivity contribution in [3.05, 3.63) is 64.7 Å². The Morgan fingerprint density at radius 2 is 1.96 bits per heavy atom. The molecule has 0 heterocycles. The Morgan fingerprint density at radius 3 is 2.65 bits per heavy atom. The molecule has 0 radical (unpaired) electrons. The SMILES string of the molecule is Cc1cc(Cl)ccc1OCC(=O)NC(C)CCc1ccccc1. The van der Waals surface area contributed by atoms with Crippen LogP contribution in [0.25, 0.3) is 0 Å². The summed E-state index contributed by atoms with van der Waals surface area (Å²) in [7, 11) is 0. The topological polar surface area (TPSA) is 38.3 Å². The highest BCUT2D eigenvalue weighted by atomic mass is 35.5. The molecule has 0 aromatic heterocycles. The molecule has 3 nitrogen and oxygen atoms in total. The number of ether oxygens (including phenoxy) is 1. The smallest absolute Gasteiger partial charge is 0.258 e. The summed E-state index contributed by atoms with van der Waals surface area (Å²) < 4.78 is 5.55. The number of benzene rings is 2.